The third-order valence-electron chi connectivity index (χ3n) is 5.21. The number of anilines is 2. The van der Waals surface area contributed by atoms with E-state index in [1.165, 1.54) is 16.9 Å². The average Bonchev–Trinajstić information content (AvgIpc) is 2.96. The van der Waals surface area contributed by atoms with Crippen molar-refractivity contribution in [1.82, 2.24) is 4.98 Å². The number of benzene rings is 1. The van der Waals surface area contributed by atoms with E-state index in [2.05, 4.69) is 26.1 Å². The Morgan fingerprint density at radius 2 is 1.96 bits per heavy atom. The van der Waals surface area contributed by atoms with E-state index in [9.17, 15) is 9.59 Å². The third-order valence-corrected chi connectivity index (χ3v) is 6.33. The van der Waals surface area contributed by atoms with Crippen LogP contribution in [0.4, 0.5) is 11.4 Å². The molecule has 1 amide bonds. The number of nitrogens with one attached hydrogen (secondary N) is 1. The Morgan fingerprint density at radius 3 is 2.64 bits per heavy atom. The van der Waals surface area contributed by atoms with Gasteiger partial charge in [-0.25, -0.2) is 4.98 Å². The van der Waals surface area contributed by atoms with Crippen molar-refractivity contribution in [1.29, 1.82) is 0 Å². The van der Waals surface area contributed by atoms with E-state index in [4.69, 9.17) is 10.7 Å². The van der Waals surface area contributed by atoms with Crippen molar-refractivity contribution in [2.24, 2.45) is 5.41 Å². The second-order valence-electron chi connectivity index (χ2n) is 8.13. The summed E-state index contributed by atoms with van der Waals surface area (Å²) in [5.74, 6) is -0.164. The van der Waals surface area contributed by atoms with Gasteiger partial charge in [0.2, 0.25) is 0 Å². The van der Waals surface area contributed by atoms with E-state index >= 15 is 0 Å². The number of nitrogens with two attached hydrogens (primary N) is 1. The van der Waals surface area contributed by atoms with E-state index in [0.717, 1.165) is 24.2 Å². The molecule has 5 nitrogen and oxygen atoms in total. The summed E-state index contributed by atoms with van der Waals surface area (Å²) < 4.78 is 0. The summed E-state index contributed by atoms with van der Waals surface area (Å²) in [6.45, 7) is 6.24. The van der Waals surface area contributed by atoms with Crippen molar-refractivity contribution >= 4 is 44.6 Å². The largest absolute Gasteiger partial charge is 0.397 e. The van der Waals surface area contributed by atoms with Gasteiger partial charge in [-0.05, 0) is 42.0 Å². The molecule has 0 unspecified atom stereocenters. The molecule has 0 radical (unpaired) electrons. The van der Waals surface area contributed by atoms with Crippen molar-refractivity contribution in [3.8, 4) is 0 Å². The Hall–Kier alpha value is -2.73. The second kappa shape index (κ2) is 6.71. The highest BCUT2D eigenvalue weighted by molar-refractivity contribution is 7.21. The number of Topliss-reactive ketones (excluding diaryl/α,β-unsaturated/α-hetero) is 1. The maximum atomic E-state index is 12.8. The SMILES string of the molecule is CCc1ccc(NC(=O)c2sc3nc4c(cc3c2N)C(=O)CC(C)(C)C4)cc1. The molecule has 1 aromatic carbocycles. The summed E-state index contributed by atoms with van der Waals surface area (Å²) >= 11 is 1.27. The minimum absolute atomic E-state index is 0.0910. The molecule has 144 valence electrons. The fourth-order valence-electron chi connectivity index (χ4n) is 3.68. The zero-order valence-electron chi connectivity index (χ0n) is 16.3. The van der Waals surface area contributed by atoms with Crippen molar-refractivity contribution in [3.63, 3.8) is 0 Å². The van der Waals surface area contributed by atoms with Crippen molar-refractivity contribution in [3.05, 3.63) is 52.0 Å². The molecule has 0 spiro atoms. The molecule has 0 bridgehead atoms. The van der Waals surface area contributed by atoms with Gasteiger partial charge >= 0.3 is 0 Å². The van der Waals surface area contributed by atoms with E-state index in [-0.39, 0.29) is 17.1 Å². The second-order valence-corrected chi connectivity index (χ2v) is 9.12. The van der Waals surface area contributed by atoms with Crippen LogP contribution in [-0.2, 0) is 12.8 Å². The van der Waals surface area contributed by atoms with Gasteiger partial charge in [0.25, 0.3) is 5.91 Å². The van der Waals surface area contributed by atoms with Gasteiger partial charge in [0.05, 0.1) is 11.4 Å². The minimum atomic E-state index is -0.255. The monoisotopic (exact) mass is 393 g/mol. The topological polar surface area (TPSA) is 85.1 Å². The predicted octanol–water partition coefficient (Wildman–Crippen LogP) is 4.85. The van der Waals surface area contributed by atoms with Gasteiger partial charge in [0.1, 0.15) is 9.71 Å². The quantitative estimate of drug-likeness (QED) is 0.666. The number of pyridine rings is 1. The number of amides is 1. The lowest BCUT2D eigenvalue weighted by molar-refractivity contribution is 0.0910. The molecular weight excluding hydrogens is 370 g/mol. The first-order valence-electron chi connectivity index (χ1n) is 9.43. The van der Waals surface area contributed by atoms with Gasteiger partial charge in [0.15, 0.2) is 5.78 Å². The van der Waals surface area contributed by atoms with Crippen molar-refractivity contribution in [2.45, 2.75) is 40.0 Å². The number of aryl methyl sites for hydroxylation is 1. The van der Waals surface area contributed by atoms with Crippen molar-refractivity contribution < 1.29 is 9.59 Å². The fourth-order valence-corrected chi connectivity index (χ4v) is 4.67. The number of nitrogen functional groups attached to an aromatic ring is 1. The Kier molecular flexibility index (Phi) is 4.46. The highest BCUT2D eigenvalue weighted by Gasteiger charge is 2.33. The van der Waals surface area contributed by atoms with E-state index in [0.29, 0.717) is 32.8 Å². The number of nitrogens with zero attached hydrogens (tertiary/aromatic N) is 1. The Bertz CT molecular complexity index is 1100. The number of hydrogen-bond donors (Lipinski definition) is 2. The maximum absolute atomic E-state index is 12.8. The van der Waals surface area contributed by atoms with Gasteiger partial charge in [-0.2, -0.15) is 0 Å². The van der Waals surface area contributed by atoms with Crippen molar-refractivity contribution in [2.75, 3.05) is 11.1 Å². The van der Waals surface area contributed by atoms with Crippen LogP contribution in [0.25, 0.3) is 10.2 Å². The first-order valence-corrected chi connectivity index (χ1v) is 10.2. The third kappa shape index (κ3) is 3.29. The van der Waals surface area contributed by atoms with Crippen LogP contribution in [0.3, 0.4) is 0 Å². The number of hydrogen-bond acceptors (Lipinski definition) is 5. The molecule has 0 saturated heterocycles. The molecule has 3 N–H and O–H groups in total. The standard InChI is InChI=1S/C22H23N3O2S/c1-4-12-5-7-13(8-6-12)24-20(27)19-18(23)15-9-14-16(25-21(15)28-19)10-22(2,3)11-17(14)26/h5-9H,4,10-11,23H2,1-3H3,(H,24,27). The zero-order chi connectivity index (χ0) is 20.1. The average molecular weight is 394 g/mol. The van der Waals surface area contributed by atoms with E-state index < -0.39 is 0 Å². The highest BCUT2D eigenvalue weighted by Crippen LogP contribution is 2.39. The van der Waals surface area contributed by atoms with Crippen LogP contribution >= 0.6 is 11.3 Å². The molecule has 0 saturated carbocycles. The molecule has 2 heterocycles. The lowest BCUT2D eigenvalue weighted by atomic mass is 9.75. The maximum Gasteiger partial charge on any atom is 0.267 e. The Morgan fingerprint density at radius 1 is 1.25 bits per heavy atom. The molecule has 0 atom stereocenters. The number of rotatable bonds is 3. The summed E-state index contributed by atoms with van der Waals surface area (Å²) in [6, 6.07) is 9.57. The number of fused-ring (bicyclic) bond motifs is 2. The van der Waals surface area contributed by atoms with Crippen LogP contribution in [0.5, 0.6) is 0 Å². The summed E-state index contributed by atoms with van der Waals surface area (Å²) in [4.78, 5) is 31.1. The van der Waals surface area contributed by atoms with Gasteiger partial charge in [-0.3, -0.25) is 9.59 Å². The number of thiophene rings is 1. The zero-order valence-corrected chi connectivity index (χ0v) is 17.1. The Balaban J connectivity index is 1.69. The number of aromatic nitrogens is 1. The fraction of sp³-hybridized carbons (Fsp3) is 0.318. The summed E-state index contributed by atoms with van der Waals surface area (Å²) in [6.07, 6.45) is 2.19. The predicted molar refractivity (Wildman–Crippen MR) is 114 cm³/mol. The number of carbonyl (C=O) groups is 2. The first kappa shape index (κ1) is 18.6. The molecule has 4 rings (SSSR count). The molecule has 28 heavy (non-hydrogen) atoms. The number of ketones is 1. The summed E-state index contributed by atoms with van der Waals surface area (Å²) in [5.41, 5.74) is 9.93. The molecular formula is C22H23N3O2S. The van der Waals surface area contributed by atoms with Gasteiger partial charge in [-0.15, -0.1) is 11.3 Å². The van der Waals surface area contributed by atoms with Gasteiger partial charge in [-0.1, -0.05) is 32.9 Å². The lowest BCUT2D eigenvalue weighted by Gasteiger charge is -2.29. The smallest absolute Gasteiger partial charge is 0.267 e. The van der Waals surface area contributed by atoms with Crippen LogP contribution in [0.2, 0.25) is 0 Å². The van der Waals surface area contributed by atoms with Crippen LogP contribution in [0, 0.1) is 5.41 Å². The first-order chi connectivity index (χ1) is 13.3. The molecule has 1 aliphatic carbocycles. The van der Waals surface area contributed by atoms with E-state index in [1.54, 1.807) is 0 Å². The Labute approximate surface area is 168 Å². The van der Waals surface area contributed by atoms with Gasteiger partial charge in [0, 0.05) is 23.1 Å². The summed E-state index contributed by atoms with van der Waals surface area (Å²) in [5, 5.41) is 3.58. The molecule has 3 aromatic rings. The summed E-state index contributed by atoms with van der Waals surface area (Å²) in [7, 11) is 0. The minimum Gasteiger partial charge on any atom is -0.397 e. The molecule has 6 heteroatoms. The van der Waals surface area contributed by atoms with Crippen LogP contribution in [0.15, 0.2) is 30.3 Å². The van der Waals surface area contributed by atoms with Crippen LogP contribution in [0.1, 0.15) is 58.5 Å². The van der Waals surface area contributed by atoms with E-state index in [1.807, 2.05) is 30.3 Å². The molecule has 1 aliphatic rings. The lowest BCUT2D eigenvalue weighted by Crippen LogP contribution is -2.27. The molecule has 0 fully saturated rings. The van der Waals surface area contributed by atoms with Crippen LogP contribution in [-0.4, -0.2) is 16.7 Å². The normalized spacial score (nSPS) is 15.5. The number of carbonyl (C=O) groups excluding carboxylic acids is 2. The van der Waals surface area contributed by atoms with Crippen LogP contribution < -0.4 is 11.1 Å². The molecule has 0 aliphatic heterocycles. The highest BCUT2D eigenvalue weighted by atomic mass is 32.1. The van der Waals surface area contributed by atoms with Gasteiger partial charge < -0.3 is 11.1 Å². The molecule has 2 aromatic heterocycles.